The van der Waals surface area contributed by atoms with E-state index >= 15 is 0 Å². The van der Waals surface area contributed by atoms with Crippen molar-refractivity contribution in [3.8, 4) is 0 Å². The second-order valence-corrected chi connectivity index (χ2v) is 5.64. The van der Waals surface area contributed by atoms with Crippen molar-refractivity contribution in [3.63, 3.8) is 0 Å². The van der Waals surface area contributed by atoms with E-state index in [9.17, 15) is 9.59 Å². The van der Waals surface area contributed by atoms with Crippen molar-refractivity contribution >= 4 is 23.0 Å². The zero-order valence-electron chi connectivity index (χ0n) is 12.2. The van der Waals surface area contributed by atoms with Crippen molar-refractivity contribution in [1.82, 2.24) is 4.90 Å². The summed E-state index contributed by atoms with van der Waals surface area (Å²) in [6.45, 7) is 5.79. The van der Waals surface area contributed by atoms with Gasteiger partial charge in [0.15, 0.2) is 0 Å². The van der Waals surface area contributed by atoms with Crippen LogP contribution in [0.25, 0.3) is 0 Å². The fraction of sp³-hybridized carbons (Fsp3) is 0.333. The van der Waals surface area contributed by atoms with Gasteiger partial charge in [-0.25, -0.2) is 4.79 Å². The summed E-state index contributed by atoms with van der Waals surface area (Å²) in [6.07, 6.45) is 0.619. The Kier molecular flexibility index (Phi) is 5.82. The second kappa shape index (κ2) is 7.14. The molecule has 0 saturated carbocycles. The third kappa shape index (κ3) is 4.13. The third-order valence-electron chi connectivity index (χ3n) is 2.55. The quantitative estimate of drug-likeness (QED) is 0.485. The third-order valence-corrected chi connectivity index (χ3v) is 3.77. The van der Waals surface area contributed by atoms with Crippen LogP contribution in [0.15, 0.2) is 35.2 Å². The average molecular weight is 293 g/mol. The van der Waals surface area contributed by atoms with E-state index in [1.165, 1.54) is 12.0 Å². The molecular formula is C15H19NO3S. The lowest BCUT2D eigenvalue weighted by Crippen LogP contribution is -2.17. The van der Waals surface area contributed by atoms with Crippen molar-refractivity contribution in [2.24, 2.45) is 0 Å². The van der Waals surface area contributed by atoms with E-state index in [0.29, 0.717) is 16.9 Å². The number of hydrogen-bond donors (Lipinski definition) is 0. The molecule has 4 nitrogen and oxygen atoms in total. The van der Waals surface area contributed by atoms with E-state index in [1.807, 2.05) is 13.0 Å². The molecule has 5 heteroatoms. The van der Waals surface area contributed by atoms with Crippen molar-refractivity contribution in [2.75, 3.05) is 21.2 Å². The molecule has 108 valence electrons. The minimum atomic E-state index is -0.442. The lowest BCUT2D eigenvalue weighted by Gasteiger charge is -2.15. The molecule has 0 aromatic heterocycles. The summed E-state index contributed by atoms with van der Waals surface area (Å²) in [6, 6.07) is 5.35. The summed E-state index contributed by atoms with van der Waals surface area (Å²) in [5.41, 5.74) is 2.28. The highest BCUT2D eigenvalue weighted by atomic mass is 32.2. The second-order valence-electron chi connectivity index (χ2n) is 4.68. The molecule has 0 N–H and O–H groups in total. The number of nitrogens with zero attached hydrogens (tertiary/aromatic N) is 1. The normalized spacial score (nSPS) is 10.0. The summed E-state index contributed by atoms with van der Waals surface area (Å²) < 4.78 is 4.78. The summed E-state index contributed by atoms with van der Waals surface area (Å²) >= 11 is 1.04. The molecule has 0 fully saturated rings. The molecule has 0 aliphatic rings. The van der Waals surface area contributed by atoms with Gasteiger partial charge in [-0.3, -0.25) is 4.79 Å². The van der Waals surface area contributed by atoms with Gasteiger partial charge in [0.05, 0.1) is 12.7 Å². The zero-order chi connectivity index (χ0) is 15.3. The number of rotatable bonds is 4. The molecule has 0 heterocycles. The number of ether oxygens (including phenoxy) is 1. The summed E-state index contributed by atoms with van der Waals surface area (Å²) in [4.78, 5) is 25.9. The summed E-state index contributed by atoms with van der Waals surface area (Å²) in [5.74, 6) is -0.442. The number of carbonyl (C=O) groups excluding carboxylic acids is 2. The van der Waals surface area contributed by atoms with Crippen LogP contribution in [0.1, 0.15) is 22.8 Å². The van der Waals surface area contributed by atoms with E-state index in [1.54, 1.807) is 26.2 Å². The maximum atomic E-state index is 11.9. The van der Waals surface area contributed by atoms with Gasteiger partial charge in [-0.1, -0.05) is 24.3 Å². The number of methoxy groups -OCH3 is 1. The lowest BCUT2D eigenvalue weighted by molar-refractivity contribution is 0.0596. The van der Waals surface area contributed by atoms with Crippen LogP contribution in [0.2, 0.25) is 0 Å². The van der Waals surface area contributed by atoms with Gasteiger partial charge < -0.3 is 9.64 Å². The molecule has 1 aromatic carbocycles. The topological polar surface area (TPSA) is 46.6 Å². The highest BCUT2D eigenvalue weighted by molar-refractivity contribution is 8.13. The summed E-state index contributed by atoms with van der Waals surface area (Å²) in [5, 5.41) is -0.135. The summed E-state index contributed by atoms with van der Waals surface area (Å²) in [7, 11) is 4.68. The highest BCUT2D eigenvalue weighted by Crippen LogP contribution is 2.30. The molecule has 0 unspecified atom stereocenters. The Morgan fingerprint density at radius 3 is 2.50 bits per heavy atom. The molecule has 0 radical (unpaired) electrons. The first-order chi connectivity index (χ1) is 9.36. The van der Waals surface area contributed by atoms with Crippen LogP contribution in [-0.2, 0) is 11.2 Å². The number of carbonyl (C=O) groups is 2. The Balaban J connectivity index is 3.27. The molecule has 0 aliphatic carbocycles. The molecule has 0 aliphatic heterocycles. The SMILES string of the molecule is C=C(C)Cc1cccc(C(=O)OC)c1SC(=O)N(C)C. The lowest BCUT2D eigenvalue weighted by atomic mass is 10.0. The number of hydrogen-bond acceptors (Lipinski definition) is 4. The maximum absolute atomic E-state index is 11.9. The minimum absolute atomic E-state index is 0.135. The van der Waals surface area contributed by atoms with Crippen LogP contribution in [-0.4, -0.2) is 37.3 Å². The standard InChI is InChI=1S/C15H19NO3S/c1-10(2)9-11-7-6-8-12(14(17)19-5)13(11)20-15(18)16(3)4/h6-8H,1,9H2,2-5H3. The Morgan fingerprint density at radius 2 is 2.00 bits per heavy atom. The molecule has 1 aromatic rings. The minimum Gasteiger partial charge on any atom is -0.465 e. The Morgan fingerprint density at radius 1 is 1.35 bits per heavy atom. The van der Waals surface area contributed by atoms with Gasteiger partial charge in [-0.15, -0.1) is 0 Å². The first kappa shape index (κ1) is 16.3. The van der Waals surface area contributed by atoms with Crippen LogP contribution < -0.4 is 0 Å². The van der Waals surface area contributed by atoms with Gasteiger partial charge >= 0.3 is 5.97 Å². The predicted octanol–water partition coefficient (Wildman–Crippen LogP) is 3.37. The average Bonchev–Trinajstić information content (AvgIpc) is 2.38. The first-order valence-corrected chi connectivity index (χ1v) is 6.92. The van der Waals surface area contributed by atoms with Crippen molar-refractivity contribution < 1.29 is 14.3 Å². The Bertz CT molecular complexity index is 538. The van der Waals surface area contributed by atoms with Crippen LogP contribution >= 0.6 is 11.8 Å². The van der Waals surface area contributed by atoms with Gasteiger partial charge in [0.2, 0.25) is 0 Å². The molecule has 1 amide bonds. The van der Waals surface area contributed by atoms with Gasteiger partial charge in [-0.2, -0.15) is 0 Å². The predicted molar refractivity (Wildman–Crippen MR) is 81.2 cm³/mol. The molecule has 0 atom stereocenters. The van der Waals surface area contributed by atoms with E-state index in [2.05, 4.69) is 6.58 Å². The number of benzene rings is 1. The maximum Gasteiger partial charge on any atom is 0.339 e. The van der Waals surface area contributed by atoms with Crippen molar-refractivity contribution in [3.05, 3.63) is 41.5 Å². The molecule has 20 heavy (non-hydrogen) atoms. The van der Waals surface area contributed by atoms with Crippen LogP contribution in [0.4, 0.5) is 4.79 Å². The van der Waals surface area contributed by atoms with Gasteiger partial charge in [-0.05, 0) is 36.7 Å². The van der Waals surface area contributed by atoms with Crippen LogP contribution in [0, 0.1) is 0 Å². The molecular weight excluding hydrogens is 274 g/mol. The fourth-order valence-corrected chi connectivity index (χ4v) is 2.51. The van der Waals surface area contributed by atoms with Gasteiger partial charge in [0.1, 0.15) is 0 Å². The molecule has 0 saturated heterocycles. The van der Waals surface area contributed by atoms with E-state index in [0.717, 1.165) is 22.9 Å². The van der Waals surface area contributed by atoms with E-state index in [-0.39, 0.29) is 5.24 Å². The van der Waals surface area contributed by atoms with E-state index < -0.39 is 5.97 Å². The molecule has 0 spiro atoms. The largest absolute Gasteiger partial charge is 0.465 e. The van der Waals surface area contributed by atoms with Crippen LogP contribution in [0.3, 0.4) is 0 Å². The van der Waals surface area contributed by atoms with Gasteiger partial charge in [0, 0.05) is 19.0 Å². The van der Waals surface area contributed by atoms with Gasteiger partial charge in [0.25, 0.3) is 5.24 Å². The van der Waals surface area contributed by atoms with Crippen LogP contribution in [0.5, 0.6) is 0 Å². The van der Waals surface area contributed by atoms with E-state index in [4.69, 9.17) is 4.74 Å². The Hall–Kier alpha value is -1.75. The molecule has 0 bridgehead atoms. The number of allylic oxidation sites excluding steroid dienone is 1. The smallest absolute Gasteiger partial charge is 0.339 e. The Labute approximate surface area is 123 Å². The first-order valence-electron chi connectivity index (χ1n) is 6.10. The fourth-order valence-electron chi connectivity index (χ4n) is 1.62. The number of amides is 1. The van der Waals surface area contributed by atoms with Crippen molar-refractivity contribution in [1.29, 1.82) is 0 Å². The number of thioether (sulfide) groups is 1. The number of esters is 1. The molecule has 1 rings (SSSR count). The zero-order valence-corrected chi connectivity index (χ0v) is 13.0. The highest BCUT2D eigenvalue weighted by Gasteiger charge is 2.19. The monoisotopic (exact) mass is 293 g/mol. The van der Waals surface area contributed by atoms with Crippen molar-refractivity contribution in [2.45, 2.75) is 18.2 Å².